The Morgan fingerprint density at radius 3 is 2.59 bits per heavy atom. The zero-order valence-electron chi connectivity index (χ0n) is 20.6. The molecule has 0 bridgehead atoms. The van der Waals surface area contributed by atoms with Crippen molar-refractivity contribution < 1.29 is 23.5 Å². The zero-order chi connectivity index (χ0) is 27.0. The van der Waals surface area contributed by atoms with Gasteiger partial charge in [0.05, 0.1) is 39.8 Å². The molecule has 37 heavy (non-hydrogen) atoms. The molecule has 0 saturated heterocycles. The Kier molecular flexibility index (Phi) is 7.21. The van der Waals surface area contributed by atoms with Gasteiger partial charge in [-0.2, -0.15) is 5.10 Å². The first-order valence-electron chi connectivity index (χ1n) is 11.7. The minimum atomic E-state index is -3.39. The van der Waals surface area contributed by atoms with Crippen molar-refractivity contribution in [2.75, 3.05) is 18.1 Å². The molecule has 0 saturated carbocycles. The molecular weight excluding hydrogens is 502 g/mol. The summed E-state index contributed by atoms with van der Waals surface area (Å²) in [7, 11) is 0. The summed E-state index contributed by atoms with van der Waals surface area (Å²) in [4.78, 5) is 27.5. The van der Waals surface area contributed by atoms with Gasteiger partial charge in [-0.1, -0.05) is 29.8 Å². The minimum absolute atomic E-state index is 0.0649. The Bertz CT molecular complexity index is 1380. The highest BCUT2D eigenvalue weighted by Gasteiger charge is 2.41. The third kappa shape index (κ3) is 5.57. The molecule has 4 rings (SSSR count). The number of hydrogen-bond acceptors (Lipinski definition) is 4. The van der Waals surface area contributed by atoms with Crippen LogP contribution in [-0.2, 0) is 4.79 Å². The van der Waals surface area contributed by atoms with Crippen LogP contribution in [0.2, 0.25) is 5.02 Å². The number of carbonyl (C=O) groups excluding carboxylic acids is 2. The normalized spacial score (nSPS) is 16.3. The van der Waals surface area contributed by atoms with E-state index in [0.717, 1.165) is 11.8 Å². The Labute approximate surface area is 218 Å². The van der Waals surface area contributed by atoms with E-state index in [1.54, 1.807) is 61.1 Å². The molecule has 2 heterocycles. The number of nitrogens with zero attached hydrogens (tertiary/aromatic N) is 3. The maximum absolute atomic E-state index is 15.4. The third-order valence-electron chi connectivity index (χ3n) is 6.08. The van der Waals surface area contributed by atoms with E-state index in [9.17, 15) is 14.7 Å². The fraction of sp³-hybridized carbons (Fsp3) is 0.296. The van der Waals surface area contributed by atoms with Gasteiger partial charge in [0, 0.05) is 36.4 Å². The van der Waals surface area contributed by atoms with Crippen LogP contribution in [0.15, 0.2) is 60.8 Å². The Morgan fingerprint density at radius 1 is 1.22 bits per heavy atom. The second kappa shape index (κ2) is 10.1. The maximum Gasteiger partial charge on any atom is 0.275 e. The van der Waals surface area contributed by atoms with E-state index in [2.05, 4.69) is 10.4 Å². The number of hydrogen-bond donors (Lipinski definition) is 2. The number of amides is 2. The number of fused-ring (bicyclic) bond motifs is 1. The summed E-state index contributed by atoms with van der Waals surface area (Å²) < 4.78 is 32.4. The average molecular weight is 529 g/mol. The number of anilines is 1. The van der Waals surface area contributed by atoms with Crippen molar-refractivity contribution in [1.82, 2.24) is 15.1 Å². The highest BCUT2D eigenvalue weighted by molar-refractivity contribution is 6.34. The fourth-order valence-corrected chi connectivity index (χ4v) is 4.36. The second-order valence-electron chi connectivity index (χ2n) is 9.58. The monoisotopic (exact) mass is 528 g/mol. The van der Waals surface area contributed by atoms with Crippen LogP contribution < -0.4 is 10.2 Å². The van der Waals surface area contributed by atoms with E-state index in [4.69, 9.17) is 11.6 Å². The van der Waals surface area contributed by atoms with Crippen LogP contribution in [0.25, 0.3) is 11.3 Å². The van der Waals surface area contributed by atoms with Gasteiger partial charge in [0.1, 0.15) is 0 Å². The van der Waals surface area contributed by atoms with Gasteiger partial charge in [-0.15, -0.1) is 0 Å². The van der Waals surface area contributed by atoms with Crippen molar-refractivity contribution in [2.45, 2.75) is 38.7 Å². The molecule has 0 radical (unpaired) electrons. The number of aromatic nitrogens is 2. The molecule has 2 N–H and O–H groups in total. The Balaban J connectivity index is 1.72. The fourth-order valence-electron chi connectivity index (χ4n) is 4.10. The Hall–Kier alpha value is -3.56. The SMILES string of the molecule is Cc1ccn(-c2ccc(C(=O)N3CCC(F)(F)C(=CC(=O)NC(C)(C)CO)c4ccccc43)c(Cl)c2)n1. The highest BCUT2D eigenvalue weighted by Crippen LogP contribution is 2.43. The van der Waals surface area contributed by atoms with Gasteiger partial charge >= 0.3 is 0 Å². The van der Waals surface area contributed by atoms with Crippen molar-refractivity contribution >= 4 is 34.7 Å². The second-order valence-corrected chi connectivity index (χ2v) is 9.99. The molecule has 7 nitrogen and oxygen atoms in total. The first-order valence-corrected chi connectivity index (χ1v) is 12.1. The van der Waals surface area contributed by atoms with Crippen LogP contribution in [0.4, 0.5) is 14.5 Å². The van der Waals surface area contributed by atoms with E-state index in [1.807, 2.05) is 13.0 Å². The molecule has 2 aromatic carbocycles. The molecule has 2 amide bonds. The standard InChI is InChI=1S/C27H27ClF2N4O3/c1-17-10-12-34(32-17)18-8-9-20(22(28)14-18)25(37)33-13-11-27(29,30)21(19-6-4-5-7-23(19)33)15-24(36)31-26(2,3)16-35/h4-10,12,14-15,35H,11,13,16H2,1-3H3,(H,31,36). The number of aliphatic hydroxyl groups is 1. The topological polar surface area (TPSA) is 87.5 Å². The van der Waals surface area contributed by atoms with Crippen molar-refractivity contribution in [3.63, 3.8) is 0 Å². The van der Waals surface area contributed by atoms with Gasteiger partial charge in [0.2, 0.25) is 5.91 Å². The van der Waals surface area contributed by atoms with Crippen LogP contribution in [0, 0.1) is 6.92 Å². The molecule has 1 aliphatic rings. The summed E-state index contributed by atoms with van der Waals surface area (Å²) >= 11 is 6.48. The lowest BCUT2D eigenvalue weighted by Crippen LogP contribution is -2.45. The van der Waals surface area contributed by atoms with Crippen molar-refractivity contribution in [3.05, 3.63) is 82.6 Å². The lowest BCUT2D eigenvalue weighted by Gasteiger charge is -2.24. The molecule has 0 unspecified atom stereocenters. The van der Waals surface area contributed by atoms with Crippen molar-refractivity contribution in [1.29, 1.82) is 0 Å². The van der Waals surface area contributed by atoms with Gasteiger partial charge in [-0.05, 0) is 51.1 Å². The number of aryl methyl sites for hydroxylation is 1. The summed E-state index contributed by atoms with van der Waals surface area (Å²) in [5, 5.41) is 16.4. The number of aliphatic hydroxyl groups excluding tert-OH is 1. The molecule has 0 spiro atoms. The number of allylic oxidation sites excluding steroid dienone is 1. The average Bonchev–Trinajstić information content (AvgIpc) is 3.24. The molecule has 3 aromatic rings. The van der Waals surface area contributed by atoms with Crippen LogP contribution in [0.1, 0.15) is 41.9 Å². The molecule has 0 aliphatic carbocycles. The van der Waals surface area contributed by atoms with Crippen LogP contribution in [0.5, 0.6) is 0 Å². The molecule has 0 fully saturated rings. The molecule has 0 atom stereocenters. The van der Waals surface area contributed by atoms with E-state index >= 15 is 8.78 Å². The summed E-state index contributed by atoms with van der Waals surface area (Å²) in [5.41, 5.74) is 0.439. The molecular formula is C27H27ClF2N4O3. The van der Waals surface area contributed by atoms with Gasteiger partial charge in [0.25, 0.3) is 11.8 Å². The smallest absolute Gasteiger partial charge is 0.275 e. The lowest BCUT2D eigenvalue weighted by molar-refractivity contribution is -0.118. The van der Waals surface area contributed by atoms with Gasteiger partial charge in [0.15, 0.2) is 0 Å². The predicted octanol–water partition coefficient (Wildman–Crippen LogP) is 4.79. The van der Waals surface area contributed by atoms with Crippen molar-refractivity contribution in [3.8, 4) is 5.69 Å². The molecule has 194 valence electrons. The maximum atomic E-state index is 15.4. The number of nitrogens with one attached hydrogen (secondary N) is 1. The number of benzene rings is 2. The quantitative estimate of drug-likeness (QED) is 0.466. The number of halogens is 3. The highest BCUT2D eigenvalue weighted by atomic mass is 35.5. The Morgan fingerprint density at radius 2 is 1.95 bits per heavy atom. The largest absolute Gasteiger partial charge is 0.394 e. The van der Waals surface area contributed by atoms with Gasteiger partial charge in [-0.25, -0.2) is 13.5 Å². The van der Waals surface area contributed by atoms with Crippen molar-refractivity contribution in [2.24, 2.45) is 0 Å². The number of rotatable bonds is 5. The molecule has 1 aromatic heterocycles. The summed E-state index contributed by atoms with van der Waals surface area (Å²) in [6, 6.07) is 12.9. The zero-order valence-corrected chi connectivity index (χ0v) is 21.4. The van der Waals surface area contributed by atoms with Crippen LogP contribution in [0.3, 0.4) is 0 Å². The summed E-state index contributed by atoms with van der Waals surface area (Å²) in [5.74, 6) is -4.70. The van der Waals surface area contributed by atoms with E-state index < -0.39 is 35.3 Å². The van der Waals surface area contributed by atoms with Crippen LogP contribution >= 0.6 is 11.6 Å². The van der Waals surface area contributed by atoms with E-state index in [1.165, 1.54) is 11.0 Å². The number of carbonyl (C=O) groups is 2. The molecule has 1 aliphatic heterocycles. The van der Waals surface area contributed by atoms with Gasteiger partial charge < -0.3 is 15.3 Å². The predicted molar refractivity (Wildman–Crippen MR) is 138 cm³/mol. The van der Waals surface area contributed by atoms with Crippen LogP contribution in [-0.4, -0.2) is 51.3 Å². The number of alkyl halides is 2. The summed E-state index contributed by atoms with van der Waals surface area (Å²) in [6.07, 6.45) is 1.91. The van der Waals surface area contributed by atoms with E-state index in [-0.39, 0.29) is 35.0 Å². The third-order valence-corrected chi connectivity index (χ3v) is 6.39. The van der Waals surface area contributed by atoms with Gasteiger partial charge in [-0.3, -0.25) is 9.59 Å². The first-order chi connectivity index (χ1) is 17.4. The number of para-hydroxylation sites is 1. The first kappa shape index (κ1) is 26.5. The molecule has 10 heteroatoms. The summed E-state index contributed by atoms with van der Waals surface area (Å²) in [6.45, 7) is 4.34. The lowest BCUT2D eigenvalue weighted by atomic mass is 9.96. The van der Waals surface area contributed by atoms with E-state index in [0.29, 0.717) is 5.69 Å². The minimum Gasteiger partial charge on any atom is -0.394 e.